The number of hydrogen-bond acceptors (Lipinski definition) is 4. The van der Waals surface area contributed by atoms with Gasteiger partial charge in [-0.1, -0.05) is 0 Å². The van der Waals surface area contributed by atoms with Crippen molar-refractivity contribution in [3.05, 3.63) is 0 Å². The quantitative estimate of drug-likeness (QED) is 0.654. The molecule has 5 nitrogen and oxygen atoms in total. The fourth-order valence-electron chi connectivity index (χ4n) is 0.453. The molecule has 6 heteroatoms. The average molecular weight is 181 g/mol. The summed E-state index contributed by atoms with van der Waals surface area (Å²) in [6.07, 6.45) is -0.466. The minimum atomic E-state index is -3.88. The zero-order valence-electron chi connectivity index (χ0n) is 6.62. The highest BCUT2D eigenvalue weighted by Crippen LogP contribution is 1.94. The van der Waals surface area contributed by atoms with E-state index in [1.807, 2.05) is 0 Å². The van der Waals surface area contributed by atoms with Crippen molar-refractivity contribution in [1.29, 1.82) is 0 Å². The number of rotatable bonds is 3. The summed E-state index contributed by atoms with van der Waals surface area (Å²) in [4.78, 5) is 10.3. The third-order valence-electron chi connectivity index (χ3n) is 0.588. The monoisotopic (exact) mass is 181 g/mol. The maximum atomic E-state index is 10.7. The van der Waals surface area contributed by atoms with Crippen molar-refractivity contribution in [3.63, 3.8) is 0 Å². The van der Waals surface area contributed by atoms with Gasteiger partial charge in [-0.25, -0.2) is 4.72 Å². The van der Waals surface area contributed by atoms with E-state index in [1.54, 1.807) is 18.6 Å². The van der Waals surface area contributed by atoms with Crippen molar-refractivity contribution in [2.24, 2.45) is 0 Å². The summed E-state index contributed by atoms with van der Waals surface area (Å²) in [7, 11) is -3.88. The molecule has 1 N–H and O–H groups in total. The molecule has 0 aromatic rings. The van der Waals surface area contributed by atoms with Crippen LogP contribution in [0.3, 0.4) is 0 Å². The molecule has 0 radical (unpaired) electrons. The van der Waals surface area contributed by atoms with Gasteiger partial charge in [-0.05, 0) is 13.8 Å². The van der Waals surface area contributed by atoms with Crippen LogP contribution in [0.15, 0.2) is 0 Å². The van der Waals surface area contributed by atoms with Crippen molar-refractivity contribution in [3.8, 4) is 0 Å². The highest BCUT2D eigenvalue weighted by atomic mass is 32.2. The third kappa shape index (κ3) is 5.81. The molecule has 0 saturated carbocycles. The van der Waals surface area contributed by atoms with Crippen molar-refractivity contribution < 1.29 is 17.4 Å². The molecule has 1 amide bonds. The number of hydrogen-bond donors (Lipinski definition) is 1. The second-order valence-corrected chi connectivity index (χ2v) is 3.56. The summed E-state index contributed by atoms with van der Waals surface area (Å²) in [5.74, 6) is -0.661. The molecule has 0 aliphatic carbocycles. The molecule has 66 valence electrons. The molecule has 0 fully saturated rings. The van der Waals surface area contributed by atoms with E-state index in [9.17, 15) is 13.2 Å². The lowest BCUT2D eigenvalue weighted by atomic mass is 10.5. The first kappa shape index (κ1) is 10.4. The summed E-state index contributed by atoms with van der Waals surface area (Å²) in [5.41, 5.74) is 0. The lowest BCUT2D eigenvalue weighted by molar-refractivity contribution is -0.117. The zero-order chi connectivity index (χ0) is 9.07. The number of amides is 1. The van der Waals surface area contributed by atoms with Gasteiger partial charge in [-0.15, -0.1) is 0 Å². The summed E-state index contributed by atoms with van der Waals surface area (Å²) in [6, 6.07) is 0. The van der Waals surface area contributed by atoms with Gasteiger partial charge in [-0.3, -0.25) is 8.98 Å². The van der Waals surface area contributed by atoms with Crippen LogP contribution in [0.25, 0.3) is 0 Å². The van der Waals surface area contributed by atoms with Gasteiger partial charge in [0.05, 0.1) is 6.10 Å². The molecule has 0 spiro atoms. The van der Waals surface area contributed by atoms with E-state index in [4.69, 9.17) is 0 Å². The minimum Gasteiger partial charge on any atom is -0.274 e. The molecular weight excluding hydrogens is 170 g/mol. The second kappa shape index (κ2) is 3.68. The SMILES string of the molecule is CC(=O)NS(=O)(=O)OC(C)C. The summed E-state index contributed by atoms with van der Waals surface area (Å²) in [6.45, 7) is 4.21. The van der Waals surface area contributed by atoms with Crippen LogP contribution in [0.2, 0.25) is 0 Å². The molecule has 0 atom stereocenters. The maximum Gasteiger partial charge on any atom is 0.362 e. The van der Waals surface area contributed by atoms with E-state index in [-0.39, 0.29) is 0 Å². The number of carbonyl (C=O) groups is 1. The van der Waals surface area contributed by atoms with Crippen LogP contribution in [0, 0.1) is 0 Å². The molecule has 0 bridgehead atoms. The van der Waals surface area contributed by atoms with E-state index < -0.39 is 22.3 Å². The van der Waals surface area contributed by atoms with Crippen LogP contribution in [-0.4, -0.2) is 20.4 Å². The van der Waals surface area contributed by atoms with Crippen LogP contribution < -0.4 is 4.72 Å². The van der Waals surface area contributed by atoms with Gasteiger partial charge in [0, 0.05) is 6.92 Å². The van der Waals surface area contributed by atoms with Gasteiger partial charge in [0.2, 0.25) is 5.91 Å². The third-order valence-corrected chi connectivity index (χ3v) is 1.76. The standard InChI is InChI=1S/C5H11NO4S/c1-4(2)10-11(8,9)6-5(3)7/h4H,1-3H3,(H,6,7). The van der Waals surface area contributed by atoms with Crippen molar-refractivity contribution in [1.82, 2.24) is 4.72 Å². The van der Waals surface area contributed by atoms with E-state index in [0.29, 0.717) is 0 Å². The van der Waals surface area contributed by atoms with Crippen LogP contribution in [0.1, 0.15) is 20.8 Å². The fraction of sp³-hybridized carbons (Fsp3) is 0.800. The predicted molar refractivity (Wildman–Crippen MR) is 39.0 cm³/mol. The van der Waals surface area contributed by atoms with E-state index in [2.05, 4.69) is 4.18 Å². The Kier molecular flexibility index (Phi) is 3.47. The molecule has 0 aromatic heterocycles. The Labute approximate surface area is 66.0 Å². The molecule has 0 aliphatic rings. The van der Waals surface area contributed by atoms with Gasteiger partial charge < -0.3 is 0 Å². The molecule has 0 aliphatic heterocycles. The summed E-state index contributed by atoms with van der Waals surface area (Å²) < 4.78 is 27.4. The van der Waals surface area contributed by atoms with Crippen LogP contribution in [0.5, 0.6) is 0 Å². The lowest BCUT2D eigenvalue weighted by Crippen LogP contribution is -2.31. The van der Waals surface area contributed by atoms with Crippen LogP contribution in [-0.2, 0) is 19.3 Å². The molecule has 0 saturated heterocycles. The van der Waals surface area contributed by atoms with Gasteiger partial charge >= 0.3 is 10.3 Å². The molecule has 0 rings (SSSR count). The molecule has 0 unspecified atom stereocenters. The van der Waals surface area contributed by atoms with Crippen LogP contribution >= 0.6 is 0 Å². The Balaban J connectivity index is 4.14. The zero-order valence-corrected chi connectivity index (χ0v) is 7.44. The molecule has 0 aromatic carbocycles. The Morgan fingerprint density at radius 1 is 1.45 bits per heavy atom. The average Bonchev–Trinajstić information content (AvgIpc) is 1.53. The Morgan fingerprint density at radius 3 is 2.18 bits per heavy atom. The molecule has 0 heterocycles. The fourth-order valence-corrected chi connectivity index (χ4v) is 1.36. The van der Waals surface area contributed by atoms with Gasteiger partial charge in [-0.2, -0.15) is 8.42 Å². The molecule has 11 heavy (non-hydrogen) atoms. The first-order valence-electron chi connectivity index (χ1n) is 3.05. The van der Waals surface area contributed by atoms with Crippen molar-refractivity contribution in [2.45, 2.75) is 26.9 Å². The highest BCUT2D eigenvalue weighted by Gasteiger charge is 2.13. The summed E-state index contributed by atoms with van der Waals surface area (Å²) >= 11 is 0. The van der Waals surface area contributed by atoms with Gasteiger partial charge in [0.15, 0.2) is 0 Å². The maximum absolute atomic E-state index is 10.7. The minimum absolute atomic E-state index is 0.466. The lowest BCUT2D eigenvalue weighted by Gasteiger charge is -2.06. The van der Waals surface area contributed by atoms with Crippen LogP contribution in [0.4, 0.5) is 0 Å². The van der Waals surface area contributed by atoms with Gasteiger partial charge in [0.1, 0.15) is 0 Å². The summed E-state index contributed by atoms with van der Waals surface area (Å²) in [5, 5.41) is 0. The smallest absolute Gasteiger partial charge is 0.274 e. The number of nitrogens with one attached hydrogen (secondary N) is 1. The van der Waals surface area contributed by atoms with E-state index >= 15 is 0 Å². The van der Waals surface area contributed by atoms with Crippen molar-refractivity contribution >= 4 is 16.2 Å². The second-order valence-electron chi connectivity index (χ2n) is 2.26. The van der Waals surface area contributed by atoms with Crippen molar-refractivity contribution in [2.75, 3.05) is 0 Å². The Bertz CT molecular complexity index is 231. The predicted octanol–water partition coefficient (Wildman–Crippen LogP) is -0.208. The first-order valence-corrected chi connectivity index (χ1v) is 4.46. The van der Waals surface area contributed by atoms with Gasteiger partial charge in [0.25, 0.3) is 0 Å². The topological polar surface area (TPSA) is 72.5 Å². The first-order chi connectivity index (χ1) is 4.83. The Hall–Kier alpha value is -0.620. The normalized spacial score (nSPS) is 11.6. The molecular formula is C5H11NO4S. The Morgan fingerprint density at radius 2 is 1.91 bits per heavy atom. The van der Waals surface area contributed by atoms with E-state index in [1.165, 1.54) is 0 Å². The highest BCUT2D eigenvalue weighted by molar-refractivity contribution is 7.85. The van der Waals surface area contributed by atoms with E-state index in [0.717, 1.165) is 6.92 Å². The number of carbonyl (C=O) groups excluding carboxylic acids is 1. The largest absolute Gasteiger partial charge is 0.362 e.